The third-order valence-corrected chi connectivity index (χ3v) is 3.77. The van der Waals surface area contributed by atoms with E-state index in [0.717, 1.165) is 19.3 Å². The number of hydrogen-bond acceptors (Lipinski definition) is 3. The Kier molecular flexibility index (Phi) is 5.56. The number of rotatable bonds is 8. The molecule has 0 aliphatic rings. The van der Waals surface area contributed by atoms with Crippen molar-refractivity contribution < 1.29 is 14.7 Å². The minimum absolute atomic E-state index is 0.175. The number of carboxylic acid groups (broad SMARTS) is 1. The molecule has 0 saturated heterocycles. The fraction of sp³-hybridized carbons (Fsp3) is 0.438. The highest BCUT2D eigenvalue weighted by Gasteiger charge is 2.09. The normalized spacial score (nSPS) is 10.8. The van der Waals surface area contributed by atoms with Crippen molar-refractivity contribution in [2.75, 3.05) is 6.54 Å². The molecule has 23 heavy (non-hydrogen) atoms. The van der Waals surface area contributed by atoms with Gasteiger partial charge in [0.15, 0.2) is 0 Å². The Bertz CT molecular complexity index is 760. The van der Waals surface area contributed by atoms with E-state index in [2.05, 4.69) is 10.3 Å². The van der Waals surface area contributed by atoms with Gasteiger partial charge in [-0.2, -0.15) is 0 Å². The molecule has 0 atom stereocenters. The molecule has 0 unspecified atom stereocenters. The summed E-state index contributed by atoms with van der Waals surface area (Å²) in [5.41, 5.74) is 1.70. The molecule has 124 valence electrons. The predicted molar refractivity (Wildman–Crippen MR) is 86.6 cm³/mol. The van der Waals surface area contributed by atoms with Crippen molar-refractivity contribution in [3.05, 3.63) is 34.2 Å². The fourth-order valence-corrected chi connectivity index (χ4v) is 2.42. The standard InChI is InChI=1S/C16H21N3O4/c1-19-13-10-11(7-8-12(13)18-16(19)23)15(22)17-9-5-3-2-4-6-14(20)21/h7-8,10H,2-6,9H2,1H3,(H,17,22)(H,18,23)(H,20,21). The molecule has 2 rings (SSSR count). The van der Waals surface area contributed by atoms with E-state index >= 15 is 0 Å². The quantitative estimate of drug-likeness (QED) is 0.643. The molecule has 0 radical (unpaired) electrons. The molecule has 1 heterocycles. The molecule has 0 spiro atoms. The number of carbonyl (C=O) groups is 2. The Hall–Kier alpha value is -2.57. The van der Waals surface area contributed by atoms with Gasteiger partial charge < -0.3 is 15.4 Å². The molecule has 3 N–H and O–H groups in total. The van der Waals surface area contributed by atoms with E-state index in [0.29, 0.717) is 29.6 Å². The van der Waals surface area contributed by atoms with Crippen LogP contribution < -0.4 is 11.0 Å². The Morgan fingerprint density at radius 1 is 1.22 bits per heavy atom. The van der Waals surface area contributed by atoms with Gasteiger partial charge in [0.05, 0.1) is 11.0 Å². The van der Waals surface area contributed by atoms with Crippen molar-refractivity contribution in [2.45, 2.75) is 32.1 Å². The number of nitrogens with zero attached hydrogens (tertiary/aromatic N) is 1. The van der Waals surface area contributed by atoms with Crippen molar-refractivity contribution in [3.8, 4) is 0 Å². The lowest BCUT2D eigenvalue weighted by atomic mass is 10.1. The zero-order valence-corrected chi connectivity index (χ0v) is 13.1. The number of aliphatic carboxylic acids is 1. The van der Waals surface area contributed by atoms with E-state index in [9.17, 15) is 14.4 Å². The van der Waals surface area contributed by atoms with Gasteiger partial charge in [-0.1, -0.05) is 12.8 Å². The lowest BCUT2D eigenvalue weighted by Gasteiger charge is -2.05. The topological polar surface area (TPSA) is 104 Å². The van der Waals surface area contributed by atoms with Gasteiger partial charge in [-0.15, -0.1) is 0 Å². The van der Waals surface area contributed by atoms with Gasteiger partial charge in [-0.05, 0) is 31.0 Å². The summed E-state index contributed by atoms with van der Waals surface area (Å²) in [4.78, 5) is 36.7. The molecule has 0 fully saturated rings. The first-order valence-corrected chi connectivity index (χ1v) is 7.68. The van der Waals surface area contributed by atoms with E-state index < -0.39 is 5.97 Å². The van der Waals surface area contributed by atoms with Crippen LogP contribution in [0.5, 0.6) is 0 Å². The number of imidazole rings is 1. The van der Waals surface area contributed by atoms with Crippen LogP contribution in [-0.2, 0) is 11.8 Å². The van der Waals surface area contributed by atoms with Gasteiger partial charge in [-0.25, -0.2) is 4.79 Å². The monoisotopic (exact) mass is 319 g/mol. The third-order valence-electron chi connectivity index (χ3n) is 3.77. The minimum atomic E-state index is -0.771. The summed E-state index contributed by atoms with van der Waals surface area (Å²) in [6, 6.07) is 5.09. The van der Waals surface area contributed by atoms with Gasteiger partial charge in [-0.3, -0.25) is 14.2 Å². The zero-order chi connectivity index (χ0) is 16.8. The number of H-pyrrole nitrogens is 1. The molecule has 2 aromatic rings. The molecule has 7 nitrogen and oxygen atoms in total. The Labute approximate surface area is 133 Å². The van der Waals surface area contributed by atoms with Crippen LogP contribution >= 0.6 is 0 Å². The van der Waals surface area contributed by atoms with Crippen molar-refractivity contribution >= 4 is 22.9 Å². The van der Waals surface area contributed by atoms with Crippen LogP contribution in [0.25, 0.3) is 11.0 Å². The second-order valence-corrected chi connectivity index (χ2v) is 5.53. The van der Waals surface area contributed by atoms with Crippen molar-refractivity contribution in [1.82, 2.24) is 14.9 Å². The average Bonchev–Trinajstić information content (AvgIpc) is 2.80. The first kappa shape index (κ1) is 16.8. The number of aromatic amines is 1. The zero-order valence-electron chi connectivity index (χ0n) is 13.1. The highest BCUT2D eigenvalue weighted by molar-refractivity contribution is 5.97. The molecule has 0 aliphatic carbocycles. The molecule has 1 amide bonds. The minimum Gasteiger partial charge on any atom is -0.481 e. The van der Waals surface area contributed by atoms with Gasteiger partial charge in [0.2, 0.25) is 0 Å². The summed E-state index contributed by atoms with van der Waals surface area (Å²) < 4.78 is 1.47. The number of carbonyl (C=O) groups excluding carboxylic acids is 1. The predicted octanol–water partition coefficient (Wildman–Crippen LogP) is 1.63. The summed E-state index contributed by atoms with van der Waals surface area (Å²) in [6.07, 6.45) is 3.41. The Balaban J connectivity index is 1.81. The number of nitrogens with one attached hydrogen (secondary N) is 2. The number of aromatic nitrogens is 2. The molecular formula is C16H21N3O4. The molecule has 1 aromatic carbocycles. The van der Waals surface area contributed by atoms with E-state index in [1.807, 2.05) is 0 Å². The first-order valence-electron chi connectivity index (χ1n) is 7.68. The summed E-state index contributed by atoms with van der Waals surface area (Å²) in [7, 11) is 1.65. The van der Waals surface area contributed by atoms with E-state index in [1.54, 1.807) is 25.2 Å². The molecule has 1 aromatic heterocycles. The van der Waals surface area contributed by atoms with Crippen LogP contribution in [0.2, 0.25) is 0 Å². The van der Waals surface area contributed by atoms with E-state index in [4.69, 9.17) is 5.11 Å². The van der Waals surface area contributed by atoms with Crippen LogP contribution in [0.4, 0.5) is 0 Å². The molecule has 7 heteroatoms. The van der Waals surface area contributed by atoms with Crippen molar-refractivity contribution in [1.29, 1.82) is 0 Å². The maximum Gasteiger partial charge on any atom is 0.326 e. The summed E-state index contributed by atoms with van der Waals surface area (Å²) in [5.74, 6) is -0.945. The summed E-state index contributed by atoms with van der Waals surface area (Å²) >= 11 is 0. The van der Waals surface area contributed by atoms with Crippen molar-refractivity contribution in [3.63, 3.8) is 0 Å². The highest BCUT2D eigenvalue weighted by atomic mass is 16.4. The van der Waals surface area contributed by atoms with Gasteiger partial charge in [0.25, 0.3) is 5.91 Å². The fourth-order valence-electron chi connectivity index (χ4n) is 2.42. The van der Waals surface area contributed by atoms with Crippen molar-refractivity contribution in [2.24, 2.45) is 7.05 Å². The highest BCUT2D eigenvalue weighted by Crippen LogP contribution is 2.12. The number of carboxylic acids is 1. The van der Waals surface area contributed by atoms with Crippen LogP contribution in [0.3, 0.4) is 0 Å². The van der Waals surface area contributed by atoms with Gasteiger partial charge in [0, 0.05) is 25.6 Å². The summed E-state index contributed by atoms with van der Waals surface area (Å²) in [5, 5.41) is 11.4. The number of benzene rings is 1. The summed E-state index contributed by atoms with van der Waals surface area (Å²) in [6.45, 7) is 0.552. The van der Waals surface area contributed by atoms with E-state index in [1.165, 1.54) is 4.57 Å². The number of hydrogen-bond donors (Lipinski definition) is 3. The number of fused-ring (bicyclic) bond motifs is 1. The lowest BCUT2D eigenvalue weighted by Crippen LogP contribution is -2.24. The maximum atomic E-state index is 12.1. The molecule has 0 saturated carbocycles. The van der Waals surface area contributed by atoms with Crippen LogP contribution in [0, 0.1) is 0 Å². The second-order valence-electron chi connectivity index (χ2n) is 5.53. The average molecular weight is 319 g/mol. The largest absolute Gasteiger partial charge is 0.481 e. The first-order chi connectivity index (χ1) is 11.0. The van der Waals surface area contributed by atoms with E-state index in [-0.39, 0.29) is 18.0 Å². The lowest BCUT2D eigenvalue weighted by molar-refractivity contribution is -0.137. The van der Waals surface area contributed by atoms with Crippen LogP contribution in [0.1, 0.15) is 42.5 Å². The Morgan fingerprint density at radius 3 is 2.70 bits per heavy atom. The SMILES string of the molecule is Cn1c(=O)[nH]c2ccc(C(=O)NCCCCCCC(=O)O)cc21. The number of aryl methyl sites for hydroxylation is 1. The van der Waals surface area contributed by atoms with Gasteiger partial charge >= 0.3 is 11.7 Å². The second kappa shape index (κ2) is 7.62. The molecule has 0 aliphatic heterocycles. The molecular weight excluding hydrogens is 298 g/mol. The van der Waals surface area contributed by atoms with Gasteiger partial charge in [0.1, 0.15) is 0 Å². The number of amides is 1. The molecule has 0 bridgehead atoms. The maximum absolute atomic E-state index is 12.1. The Morgan fingerprint density at radius 2 is 1.96 bits per heavy atom. The number of unbranched alkanes of at least 4 members (excludes halogenated alkanes) is 3. The van der Waals surface area contributed by atoms with Crippen LogP contribution in [-0.4, -0.2) is 33.1 Å². The third kappa shape index (κ3) is 4.45. The van der Waals surface area contributed by atoms with Crippen LogP contribution in [0.15, 0.2) is 23.0 Å². The smallest absolute Gasteiger partial charge is 0.326 e.